The van der Waals surface area contributed by atoms with Gasteiger partial charge in [0.15, 0.2) is 6.10 Å². The maximum atomic E-state index is 12.2. The predicted octanol–water partition coefficient (Wildman–Crippen LogP) is 4.18. The van der Waals surface area contributed by atoms with Gasteiger partial charge in [0.2, 0.25) is 0 Å². The number of fused-ring (bicyclic) bond motifs is 1. The lowest BCUT2D eigenvalue weighted by Crippen LogP contribution is -2.25. The van der Waals surface area contributed by atoms with Gasteiger partial charge in [-0.05, 0) is 24.1 Å². The van der Waals surface area contributed by atoms with Gasteiger partial charge >= 0.3 is 0 Å². The Kier molecular flexibility index (Phi) is 5.72. The van der Waals surface area contributed by atoms with E-state index in [0.29, 0.717) is 5.56 Å². The summed E-state index contributed by atoms with van der Waals surface area (Å²) in [6, 6.07) is 27.2. The molecule has 1 unspecified atom stereocenters. The molecule has 4 aromatic rings. The molecule has 1 atom stereocenters. The quantitative estimate of drug-likeness (QED) is 0.379. The first kappa shape index (κ1) is 19.6. The fourth-order valence-corrected chi connectivity index (χ4v) is 3.60. The molecule has 0 spiro atoms. The molecule has 0 fully saturated rings. The summed E-state index contributed by atoms with van der Waals surface area (Å²) < 4.78 is 2.24. The Bertz CT molecular complexity index is 1180. The van der Waals surface area contributed by atoms with Crippen LogP contribution in [0.5, 0.6) is 0 Å². The van der Waals surface area contributed by atoms with Gasteiger partial charge in [0, 0.05) is 28.7 Å². The first-order chi connectivity index (χ1) is 14.6. The second kappa shape index (κ2) is 8.76. The number of amides is 1. The average Bonchev–Trinajstić information content (AvgIpc) is 3.06. The standard InChI is InChI=1S/C25H23N3O2/c1-18-22(16-26-27-25(30)24(29)20-12-6-3-7-13-20)21-14-8-9-15-23(21)28(18)17-19-10-4-2-5-11-19/h2-16,24,29H,17H2,1H3,(H,27,30). The van der Waals surface area contributed by atoms with E-state index in [4.69, 9.17) is 0 Å². The molecule has 150 valence electrons. The summed E-state index contributed by atoms with van der Waals surface area (Å²) in [5, 5.41) is 15.4. The highest BCUT2D eigenvalue weighted by Gasteiger charge is 2.17. The van der Waals surface area contributed by atoms with Crippen LogP contribution >= 0.6 is 0 Å². The first-order valence-electron chi connectivity index (χ1n) is 9.83. The van der Waals surface area contributed by atoms with Crippen molar-refractivity contribution in [3.05, 3.63) is 107 Å². The molecule has 0 aliphatic rings. The fourth-order valence-electron chi connectivity index (χ4n) is 3.60. The molecular weight excluding hydrogens is 374 g/mol. The van der Waals surface area contributed by atoms with E-state index in [2.05, 4.69) is 33.3 Å². The van der Waals surface area contributed by atoms with E-state index in [1.807, 2.05) is 49.4 Å². The number of hydrogen-bond acceptors (Lipinski definition) is 3. The van der Waals surface area contributed by atoms with Gasteiger partial charge in [-0.1, -0.05) is 78.9 Å². The first-order valence-corrected chi connectivity index (χ1v) is 9.83. The van der Waals surface area contributed by atoms with Crippen molar-refractivity contribution in [3.63, 3.8) is 0 Å². The molecular formula is C25H23N3O2. The molecule has 1 heterocycles. The molecule has 30 heavy (non-hydrogen) atoms. The van der Waals surface area contributed by atoms with Crippen molar-refractivity contribution < 1.29 is 9.90 Å². The third kappa shape index (κ3) is 4.02. The smallest absolute Gasteiger partial charge is 0.273 e. The minimum absolute atomic E-state index is 0.529. The number of benzene rings is 3. The molecule has 3 aromatic carbocycles. The second-order valence-electron chi connectivity index (χ2n) is 7.14. The zero-order chi connectivity index (χ0) is 20.9. The van der Waals surface area contributed by atoms with Crippen molar-refractivity contribution >= 4 is 23.0 Å². The van der Waals surface area contributed by atoms with Gasteiger partial charge in [0.05, 0.1) is 6.21 Å². The lowest BCUT2D eigenvalue weighted by molar-refractivity contribution is -0.129. The third-order valence-electron chi connectivity index (χ3n) is 5.20. The van der Waals surface area contributed by atoms with Gasteiger partial charge in [-0.25, -0.2) is 5.43 Å². The number of carbonyl (C=O) groups is 1. The van der Waals surface area contributed by atoms with E-state index >= 15 is 0 Å². The largest absolute Gasteiger partial charge is 0.378 e. The molecule has 0 saturated carbocycles. The molecule has 0 aliphatic heterocycles. The maximum absolute atomic E-state index is 12.2. The molecule has 0 bridgehead atoms. The molecule has 0 aliphatic carbocycles. The summed E-state index contributed by atoms with van der Waals surface area (Å²) >= 11 is 0. The van der Waals surface area contributed by atoms with Gasteiger partial charge in [-0.2, -0.15) is 5.10 Å². The van der Waals surface area contributed by atoms with Gasteiger partial charge in [-0.15, -0.1) is 0 Å². The Labute approximate surface area is 175 Å². The lowest BCUT2D eigenvalue weighted by atomic mass is 10.1. The van der Waals surface area contributed by atoms with Gasteiger partial charge in [-0.3, -0.25) is 4.79 Å². The summed E-state index contributed by atoms with van der Waals surface area (Å²) in [4.78, 5) is 12.2. The molecule has 4 rings (SSSR count). The number of rotatable bonds is 6. The van der Waals surface area contributed by atoms with E-state index in [1.165, 1.54) is 5.56 Å². The molecule has 5 nitrogen and oxygen atoms in total. The second-order valence-corrected chi connectivity index (χ2v) is 7.14. The molecule has 1 aromatic heterocycles. The Morgan fingerprint density at radius 3 is 2.37 bits per heavy atom. The number of aliphatic hydroxyl groups excluding tert-OH is 1. The number of nitrogens with zero attached hydrogens (tertiary/aromatic N) is 2. The maximum Gasteiger partial charge on any atom is 0.273 e. The van der Waals surface area contributed by atoms with Crippen molar-refractivity contribution in [2.75, 3.05) is 0 Å². The Morgan fingerprint density at radius 2 is 1.63 bits per heavy atom. The minimum atomic E-state index is -1.26. The zero-order valence-corrected chi connectivity index (χ0v) is 16.7. The Balaban J connectivity index is 1.58. The molecule has 1 amide bonds. The van der Waals surface area contributed by atoms with Crippen molar-refractivity contribution in [1.29, 1.82) is 0 Å². The van der Waals surface area contributed by atoms with Crippen LogP contribution in [0.2, 0.25) is 0 Å². The minimum Gasteiger partial charge on any atom is -0.378 e. The molecule has 5 heteroatoms. The number of para-hydroxylation sites is 1. The van der Waals surface area contributed by atoms with E-state index in [-0.39, 0.29) is 0 Å². The number of aromatic nitrogens is 1. The number of nitrogens with one attached hydrogen (secondary N) is 1. The van der Waals surface area contributed by atoms with Crippen LogP contribution in [0.4, 0.5) is 0 Å². The van der Waals surface area contributed by atoms with Crippen LogP contribution < -0.4 is 5.43 Å². The summed E-state index contributed by atoms with van der Waals surface area (Å²) in [5.74, 6) is -0.567. The summed E-state index contributed by atoms with van der Waals surface area (Å²) in [7, 11) is 0. The normalized spacial score (nSPS) is 12.3. The van der Waals surface area contributed by atoms with Gasteiger partial charge in [0.25, 0.3) is 5.91 Å². The van der Waals surface area contributed by atoms with Crippen molar-refractivity contribution in [3.8, 4) is 0 Å². The SMILES string of the molecule is Cc1c(C=NNC(=O)C(O)c2ccccc2)c2ccccc2n1Cc1ccccc1. The third-order valence-corrected chi connectivity index (χ3v) is 5.20. The van der Waals surface area contributed by atoms with Gasteiger partial charge < -0.3 is 9.67 Å². The summed E-state index contributed by atoms with van der Waals surface area (Å²) in [5.41, 5.74) is 7.30. The van der Waals surface area contributed by atoms with Crippen molar-refractivity contribution in [2.45, 2.75) is 19.6 Å². The van der Waals surface area contributed by atoms with E-state index in [9.17, 15) is 9.90 Å². The van der Waals surface area contributed by atoms with E-state index < -0.39 is 12.0 Å². The van der Waals surface area contributed by atoms with E-state index in [1.54, 1.807) is 30.5 Å². The fraction of sp³-hybridized carbons (Fsp3) is 0.120. The summed E-state index contributed by atoms with van der Waals surface area (Å²) in [6.45, 7) is 2.80. The topological polar surface area (TPSA) is 66.6 Å². The van der Waals surface area contributed by atoms with Crippen LogP contribution in [0, 0.1) is 6.92 Å². The Hall–Kier alpha value is -3.70. The predicted molar refractivity (Wildman–Crippen MR) is 119 cm³/mol. The molecule has 0 saturated heterocycles. The monoisotopic (exact) mass is 397 g/mol. The van der Waals surface area contributed by atoms with Crippen LogP contribution in [-0.2, 0) is 11.3 Å². The number of aliphatic hydroxyl groups is 1. The molecule has 2 N–H and O–H groups in total. The van der Waals surface area contributed by atoms with Gasteiger partial charge in [0.1, 0.15) is 0 Å². The van der Waals surface area contributed by atoms with E-state index in [0.717, 1.165) is 28.7 Å². The number of hydrogen-bond donors (Lipinski definition) is 2. The highest BCUT2D eigenvalue weighted by atomic mass is 16.3. The number of carbonyl (C=O) groups excluding carboxylic acids is 1. The Morgan fingerprint density at radius 1 is 1.00 bits per heavy atom. The average molecular weight is 397 g/mol. The van der Waals surface area contributed by atoms with Crippen LogP contribution in [0.3, 0.4) is 0 Å². The molecule has 0 radical (unpaired) electrons. The highest BCUT2D eigenvalue weighted by molar-refractivity contribution is 6.01. The summed E-state index contributed by atoms with van der Waals surface area (Å²) in [6.07, 6.45) is 0.387. The lowest BCUT2D eigenvalue weighted by Gasteiger charge is -2.09. The van der Waals surface area contributed by atoms with Crippen molar-refractivity contribution in [2.24, 2.45) is 5.10 Å². The zero-order valence-electron chi connectivity index (χ0n) is 16.7. The van der Waals surface area contributed by atoms with Crippen LogP contribution in [0.15, 0.2) is 90.0 Å². The van der Waals surface area contributed by atoms with Crippen molar-refractivity contribution in [1.82, 2.24) is 9.99 Å². The highest BCUT2D eigenvalue weighted by Crippen LogP contribution is 2.25. The number of hydrazone groups is 1. The van der Waals surface area contributed by atoms with Crippen LogP contribution in [0.1, 0.15) is 28.5 Å². The van der Waals surface area contributed by atoms with Crippen LogP contribution in [0.25, 0.3) is 10.9 Å². The van der Waals surface area contributed by atoms with Crippen LogP contribution in [-0.4, -0.2) is 21.8 Å².